The third-order valence-corrected chi connectivity index (χ3v) is 4.59. The monoisotopic (exact) mass is 327 g/mol. The molecule has 2 aromatic rings. The summed E-state index contributed by atoms with van der Waals surface area (Å²) in [6.45, 7) is 5.67. The van der Waals surface area contributed by atoms with E-state index in [0.29, 0.717) is 12.5 Å². The van der Waals surface area contributed by atoms with E-state index in [1.54, 1.807) is 0 Å². The van der Waals surface area contributed by atoms with Crippen molar-refractivity contribution in [1.29, 1.82) is 0 Å². The molecule has 3 rings (SSSR count). The quantitative estimate of drug-likeness (QED) is 0.839. The summed E-state index contributed by atoms with van der Waals surface area (Å²) in [7, 11) is 4.17. The molecule has 1 aliphatic rings. The number of likely N-dealkylation sites (N-methyl/N-ethyl adjacent to an activating group) is 1. The molecule has 128 valence electrons. The first-order valence-corrected chi connectivity index (χ1v) is 8.71. The van der Waals surface area contributed by atoms with Gasteiger partial charge in [0.1, 0.15) is 0 Å². The zero-order valence-corrected chi connectivity index (χ0v) is 15.0. The summed E-state index contributed by atoms with van der Waals surface area (Å²) in [4.78, 5) is 14.1. The molecule has 1 heterocycles. The normalized spacial score (nSPS) is 14.2. The highest BCUT2D eigenvalue weighted by Gasteiger charge is 2.33. The van der Waals surface area contributed by atoms with E-state index in [0.717, 1.165) is 47.6 Å². The average Bonchev–Trinajstić information content (AvgIpc) is 3.31. The van der Waals surface area contributed by atoms with Gasteiger partial charge in [0.15, 0.2) is 0 Å². The van der Waals surface area contributed by atoms with Gasteiger partial charge in [0.2, 0.25) is 0 Å². The highest BCUT2D eigenvalue weighted by molar-refractivity contribution is 5.97. The van der Waals surface area contributed by atoms with Crippen LogP contribution in [-0.4, -0.2) is 42.9 Å². The number of quaternary nitrogens is 1. The molecule has 0 spiro atoms. The topological polar surface area (TPSA) is 51.4 Å². The lowest BCUT2D eigenvalue weighted by atomic mass is 10.1. The van der Waals surface area contributed by atoms with Gasteiger partial charge in [-0.25, -0.2) is 4.68 Å². The summed E-state index contributed by atoms with van der Waals surface area (Å²) in [6.07, 6.45) is 2.26. The van der Waals surface area contributed by atoms with E-state index < -0.39 is 0 Å². The molecule has 0 bridgehead atoms. The van der Waals surface area contributed by atoms with Gasteiger partial charge in [0.05, 0.1) is 49.8 Å². The van der Waals surface area contributed by atoms with Crippen LogP contribution in [0.4, 0.5) is 0 Å². The fraction of sp³-hybridized carbons (Fsp3) is 0.474. The summed E-state index contributed by atoms with van der Waals surface area (Å²) in [5.41, 5.74) is 4.88. The van der Waals surface area contributed by atoms with Crippen molar-refractivity contribution in [3.05, 3.63) is 46.8 Å². The summed E-state index contributed by atoms with van der Waals surface area (Å²) in [5.74, 6) is 0.449. The molecule has 0 unspecified atom stereocenters. The first-order valence-electron chi connectivity index (χ1n) is 8.71. The molecule has 0 radical (unpaired) electrons. The largest absolute Gasteiger partial charge is 0.346 e. The lowest BCUT2D eigenvalue weighted by molar-refractivity contribution is -0.856. The second-order valence-electron chi connectivity index (χ2n) is 7.03. The van der Waals surface area contributed by atoms with E-state index in [1.165, 1.54) is 4.90 Å². The second kappa shape index (κ2) is 6.77. The number of hydrogen-bond acceptors (Lipinski definition) is 2. The molecule has 0 saturated heterocycles. The number of carbonyl (C=O) groups excluding carboxylic acids is 1. The number of carbonyl (C=O) groups is 1. The van der Waals surface area contributed by atoms with Gasteiger partial charge in [-0.2, -0.15) is 5.10 Å². The average molecular weight is 327 g/mol. The predicted molar refractivity (Wildman–Crippen MR) is 95.0 cm³/mol. The maximum atomic E-state index is 12.8. The number of rotatable bonds is 6. The molecule has 0 aliphatic heterocycles. The van der Waals surface area contributed by atoms with Crippen LogP contribution >= 0.6 is 0 Å². The molecule has 0 atom stereocenters. The number of aryl methyl sites for hydroxylation is 1. The van der Waals surface area contributed by atoms with Gasteiger partial charge in [-0.1, -0.05) is 18.2 Å². The Morgan fingerprint density at radius 1 is 1.29 bits per heavy atom. The minimum atomic E-state index is 0.00971. The minimum absolute atomic E-state index is 0.00971. The lowest BCUT2D eigenvalue weighted by Crippen LogP contribution is -3.06. The molecule has 24 heavy (non-hydrogen) atoms. The third kappa shape index (κ3) is 3.36. The molecule has 1 fully saturated rings. The van der Waals surface area contributed by atoms with Crippen LogP contribution in [0, 0.1) is 13.8 Å². The fourth-order valence-corrected chi connectivity index (χ4v) is 3.00. The Labute approximate surface area is 143 Å². The van der Waals surface area contributed by atoms with Gasteiger partial charge in [0, 0.05) is 5.92 Å². The van der Waals surface area contributed by atoms with E-state index >= 15 is 0 Å². The van der Waals surface area contributed by atoms with Crippen LogP contribution in [0.5, 0.6) is 0 Å². The van der Waals surface area contributed by atoms with Crippen molar-refractivity contribution in [2.75, 3.05) is 27.2 Å². The fourth-order valence-electron chi connectivity index (χ4n) is 3.00. The first-order chi connectivity index (χ1) is 11.5. The van der Waals surface area contributed by atoms with Crippen molar-refractivity contribution >= 4 is 5.91 Å². The Hall–Kier alpha value is -2.14. The highest BCUT2D eigenvalue weighted by atomic mass is 16.1. The van der Waals surface area contributed by atoms with E-state index in [-0.39, 0.29) is 5.91 Å². The van der Waals surface area contributed by atoms with Crippen LogP contribution in [0.25, 0.3) is 5.69 Å². The molecule has 1 saturated carbocycles. The van der Waals surface area contributed by atoms with Crippen molar-refractivity contribution in [1.82, 2.24) is 15.1 Å². The Balaban J connectivity index is 1.94. The van der Waals surface area contributed by atoms with Crippen LogP contribution < -0.4 is 10.2 Å². The van der Waals surface area contributed by atoms with Crippen molar-refractivity contribution in [2.24, 2.45) is 0 Å². The summed E-state index contributed by atoms with van der Waals surface area (Å²) >= 11 is 0. The maximum Gasteiger partial charge on any atom is 0.255 e. The zero-order chi connectivity index (χ0) is 17.3. The lowest BCUT2D eigenvalue weighted by Gasteiger charge is -2.10. The van der Waals surface area contributed by atoms with Crippen molar-refractivity contribution in [3.63, 3.8) is 0 Å². The molecule has 1 aromatic heterocycles. The first kappa shape index (κ1) is 16.7. The Morgan fingerprint density at radius 3 is 2.62 bits per heavy atom. The summed E-state index contributed by atoms with van der Waals surface area (Å²) in [6, 6.07) is 8.17. The molecule has 1 aliphatic carbocycles. The van der Waals surface area contributed by atoms with Crippen LogP contribution in [0.2, 0.25) is 0 Å². The van der Waals surface area contributed by atoms with Gasteiger partial charge in [-0.3, -0.25) is 4.79 Å². The molecule has 1 aromatic carbocycles. The van der Waals surface area contributed by atoms with E-state index in [9.17, 15) is 4.79 Å². The zero-order valence-electron chi connectivity index (χ0n) is 15.0. The number of para-hydroxylation sites is 1. The van der Waals surface area contributed by atoms with Crippen LogP contribution in [0.3, 0.4) is 0 Å². The van der Waals surface area contributed by atoms with Crippen molar-refractivity contribution in [2.45, 2.75) is 32.6 Å². The van der Waals surface area contributed by atoms with Gasteiger partial charge in [-0.05, 0) is 38.3 Å². The van der Waals surface area contributed by atoms with Crippen LogP contribution in [0.1, 0.15) is 46.1 Å². The number of amides is 1. The highest BCUT2D eigenvalue weighted by Crippen LogP contribution is 2.42. The second-order valence-corrected chi connectivity index (χ2v) is 7.03. The summed E-state index contributed by atoms with van der Waals surface area (Å²) in [5, 5.41) is 7.88. The van der Waals surface area contributed by atoms with Gasteiger partial charge in [0.25, 0.3) is 5.91 Å². The standard InChI is InChI=1S/C19H26N4O/c1-13-7-5-6-8-16(13)23-14(2)17(18(21-23)15-9-10-15)19(24)20-11-12-22(3)4/h5-8,15H,9-12H2,1-4H3,(H,20,24)/p+1. The number of aromatic nitrogens is 2. The van der Waals surface area contributed by atoms with Crippen LogP contribution in [-0.2, 0) is 0 Å². The Kier molecular flexibility index (Phi) is 4.71. The molecular weight excluding hydrogens is 300 g/mol. The SMILES string of the molecule is Cc1ccccc1-n1nc(C2CC2)c(C(=O)NCC[NH+](C)C)c1C. The van der Waals surface area contributed by atoms with Gasteiger partial charge < -0.3 is 10.2 Å². The van der Waals surface area contributed by atoms with E-state index in [1.807, 2.05) is 23.7 Å². The van der Waals surface area contributed by atoms with E-state index in [2.05, 4.69) is 38.5 Å². The number of nitrogens with one attached hydrogen (secondary N) is 2. The Bertz CT molecular complexity index is 744. The molecule has 2 N–H and O–H groups in total. The smallest absolute Gasteiger partial charge is 0.255 e. The molecular formula is C19H27N4O+. The molecule has 5 nitrogen and oxygen atoms in total. The number of hydrogen-bond donors (Lipinski definition) is 2. The number of nitrogens with zero attached hydrogens (tertiary/aromatic N) is 2. The minimum Gasteiger partial charge on any atom is -0.346 e. The van der Waals surface area contributed by atoms with Crippen molar-refractivity contribution in [3.8, 4) is 5.69 Å². The summed E-state index contributed by atoms with van der Waals surface area (Å²) < 4.78 is 1.94. The molecule has 5 heteroatoms. The van der Waals surface area contributed by atoms with Crippen LogP contribution in [0.15, 0.2) is 24.3 Å². The van der Waals surface area contributed by atoms with Gasteiger partial charge >= 0.3 is 0 Å². The van der Waals surface area contributed by atoms with E-state index in [4.69, 9.17) is 5.10 Å². The predicted octanol–water partition coefficient (Wildman–Crippen LogP) is 1.24. The Morgan fingerprint density at radius 2 is 2.00 bits per heavy atom. The third-order valence-electron chi connectivity index (χ3n) is 4.59. The van der Waals surface area contributed by atoms with Crippen molar-refractivity contribution < 1.29 is 9.69 Å². The maximum absolute atomic E-state index is 12.8. The molecule has 1 amide bonds. The number of benzene rings is 1. The van der Waals surface area contributed by atoms with Gasteiger partial charge in [-0.15, -0.1) is 0 Å².